The van der Waals surface area contributed by atoms with Crippen LogP contribution in [0.2, 0.25) is 0 Å². The van der Waals surface area contributed by atoms with Crippen molar-refractivity contribution >= 4 is 39.3 Å². The molecule has 0 bridgehead atoms. The van der Waals surface area contributed by atoms with Gasteiger partial charge in [-0.1, -0.05) is 15.9 Å². The lowest BCUT2D eigenvalue weighted by molar-refractivity contribution is 0.0955. The van der Waals surface area contributed by atoms with E-state index in [1.807, 2.05) is 6.92 Å². The molecule has 4 nitrogen and oxygen atoms in total. The molecule has 0 aliphatic carbocycles. The van der Waals surface area contributed by atoms with Crippen LogP contribution in [0.1, 0.15) is 22.3 Å². The Morgan fingerprint density at radius 2 is 2.21 bits per heavy atom. The van der Waals surface area contributed by atoms with Crippen LogP contribution in [0.15, 0.2) is 16.6 Å². The smallest absolute Gasteiger partial charge is 0.251 e. The van der Waals surface area contributed by atoms with E-state index in [9.17, 15) is 4.79 Å². The number of thioether (sulfide) groups is 1. The van der Waals surface area contributed by atoms with Gasteiger partial charge in [-0.25, -0.2) is 0 Å². The summed E-state index contributed by atoms with van der Waals surface area (Å²) < 4.78 is 0.804. The van der Waals surface area contributed by atoms with Crippen LogP contribution in [-0.4, -0.2) is 35.7 Å². The Kier molecular flexibility index (Phi) is 7.27. The summed E-state index contributed by atoms with van der Waals surface area (Å²) in [6, 6.07) is 3.57. The molecule has 1 amide bonds. The molecule has 106 valence electrons. The van der Waals surface area contributed by atoms with E-state index in [0.717, 1.165) is 28.0 Å². The second kappa shape index (κ2) is 8.45. The highest BCUT2D eigenvalue weighted by Crippen LogP contribution is 2.22. The predicted octanol–water partition coefficient (Wildman–Crippen LogP) is 2.19. The van der Waals surface area contributed by atoms with E-state index < -0.39 is 0 Å². The van der Waals surface area contributed by atoms with Crippen molar-refractivity contribution in [3.05, 3.63) is 27.7 Å². The molecule has 4 N–H and O–H groups in total. The zero-order chi connectivity index (χ0) is 14.3. The molecule has 0 aliphatic heterocycles. The quantitative estimate of drug-likeness (QED) is 0.522. The van der Waals surface area contributed by atoms with Gasteiger partial charge in [0.1, 0.15) is 0 Å². The van der Waals surface area contributed by atoms with Gasteiger partial charge in [0.25, 0.3) is 5.91 Å². The van der Waals surface area contributed by atoms with Crippen molar-refractivity contribution in [2.75, 3.05) is 30.4 Å². The number of carbonyl (C=O) groups is 1. The highest BCUT2D eigenvalue weighted by atomic mass is 79.9. The molecule has 0 saturated carbocycles. The molecule has 0 aromatic heterocycles. The van der Waals surface area contributed by atoms with Crippen molar-refractivity contribution in [1.29, 1.82) is 0 Å². The molecule has 0 unspecified atom stereocenters. The fourth-order valence-electron chi connectivity index (χ4n) is 1.54. The first-order chi connectivity index (χ1) is 9.06. The van der Waals surface area contributed by atoms with Gasteiger partial charge in [-0.05, 0) is 36.8 Å². The van der Waals surface area contributed by atoms with Crippen molar-refractivity contribution in [3.8, 4) is 0 Å². The number of halogens is 1. The van der Waals surface area contributed by atoms with Gasteiger partial charge in [-0.15, -0.1) is 0 Å². The first kappa shape index (κ1) is 16.3. The molecular formula is C13H19BrN2O2S. The third-order valence-corrected chi connectivity index (χ3v) is 4.16. The maximum atomic E-state index is 12.0. The zero-order valence-electron chi connectivity index (χ0n) is 10.9. The van der Waals surface area contributed by atoms with Crippen LogP contribution in [0.25, 0.3) is 0 Å². The molecule has 1 rings (SSSR count). The van der Waals surface area contributed by atoms with Crippen LogP contribution >= 0.6 is 27.7 Å². The second-order valence-corrected chi connectivity index (χ2v) is 6.25. The van der Waals surface area contributed by atoms with Crippen LogP contribution in [0.3, 0.4) is 0 Å². The molecule has 0 fully saturated rings. The minimum Gasteiger partial charge on any atom is -0.398 e. The molecule has 0 saturated heterocycles. The van der Waals surface area contributed by atoms with Gasteiger partial charge < -0.3 is 16.2 Å². The monoisotopic (exact) mass is 346 g/mol. The normalized spacial score (nSPS) is 10.5. The number of hydrogen-bond acceptors (Lipinski definition) is 4. The number of aliphatic hydroxyl groups is 1. The molecule has 1 aromatic carbocycles. The Balaban J connectivity index is 2.46. The second-order valence-electron chi connectivity index (χ2n) is 4.11. The first-order valence-electron chi connectivity index (χ1n) is 6.08. The van der Waals surface area contributed by atoms with Crippen LogP contribution in [-0.2, 0) is 0 Å². The summed E-state index contributed by atoms with van der Waals surface area (Å²) in [5.41, 5.74) is 7.84. The molecule has 0 atom stereocenters. The van der Waals surface area contributed by atoms with E-state index in [-0.39, 0.29) is 12.5 Å². The summed E-state index contributed by atoms with van der Waals surface area (Å²) >= 11 is 5.05. The van der Waals surface area contributed by atoms with Crippen molar-refractivity contribution in [2.45, 2.75) is 13.3 Å². The highest BCUT2D eigenvalue weighted by Gasteiger charge is 2.11. The van der Waals surface area contributed by atoms with Crippen LogP contribution in [0.5, 0.6) is 0 Å². The number of aliphatic hydroxyl groups excluding tert-OH is 1. The number of rotatable bonds is 7. The molecular weight excluding hydrogens is 328 g/mol. The number of hydrogen-bond donors (Lipinski definition) is 3. The number of carbonyl (C=O) groups excluding carboxylic acids is 1. The summed E-state index contributed by atoms with van der Waals surface area (Å²) in [7, 11) is 0. The summed E-state index contributed by atoms with van der Waals surface area (Å²) in [6.45, 7) is 2.67. The first-order valence-corrected chi connectivity index (χ1v) is 8.03. The Morgan fingerprint density at radius 3 is 2.89 bits per heavy atom. The van der Waals surface area contributed by atoms with Gasteiger partial charge in [0.05, 0.1) is 0 Å². The lowest BCUT2D eigenvalue weighted by Crippen LogP contribution is -2.26. The summed E-state index contributed by atoms with van der Waals surface area (Å²) in [5, 5.41) is 11.5. The average Bonchev–Trinajstić information content (AvgIpc) is 2.37. The number of benzene rings is 1. The maximum absolute atomic E-state index is 12.0. The SMILES string of the molecule is Cc1c(N)cc(Br)cc1C(=O)NCCSCCCO. The van der Waals surface area contributed by atoms with E-state index in [1.165, 1.54) is 0 Å². The predicted molar refractivity (Wildman–Crippen MR) is 84.7 cm³/mol. The largest absolute Gasteiger partial charge is 0.398 e. The molecule has 0 aliphatic rings. The van der Waals surface area contributed by atoms with E-state index in [4.69, 9.17) is 10.8 Å². The van der Waals surface area contributed by atoms with Gasteiger partial charge >= 0.3 is 0 Å². The Bertz CT molecular complexity index is 441. The molecule has 6 heteroatoms. The fourth-order valence-corrected chi connectivity index (χ4v) is 2.80. The minimum absolute atomic E-state index is 0.103. The lowest BCUT2D eigenvalue weighted by Gasteiger charge is -2.10. The van der Waals surface area contributed by atoms with Crippen LogP contribution in [0, 0.1) is 6.92 Å². The number of nitrogens with two attached hydrogens (primary N) is 1. The Labute approximate surface area is 126 Å². The van der Waals surface area contributed by atoms with Crippen LogP contribution < -0.4 is 11.1 Å². The van der Waals surface area contributed by atoms with Gasteiger partial charge in [0, 0.05) is 34.6 Å². The molecule has 0 spiro atoms. The summed E-state index contributed by atoms with van der Waals surface area (Å²) in [6.07, 6.45) is 0.792. The third kappa shape index (κ3) is 5.42. The third-order valence-electron chi connectivity index (χ3n) is 2.64. The van der Waals surface area contributed by atoms with E-state index in [2.05, 4.69) is 21.2 Å². The Hall–Kier alpha value is -0.720. The van der Waals surface area contributed by atoms with Crippen molar-refractivity contribution in [3.63, 3.8) is 0 Å². The van der Waals surface area contributed by atoms with E-state index in [1.54, 1.807) is 23.9 Å². The van der Waals surface area contributed by atoms with Gasteiger partial charge in [0.15, 0.2) is 0 Å². The summed E-state index contributed by atoms with van der Waals surface area (Å²) in [5.74, 6) is 1.65. The van der Waals surface area contributed by atoms with E-state index in [0.29, 0.717) is 17.8 Å². The maximum Gasteiger partial charge on any atom is 0.251 e. The Morgan fingerprint density at radius 1 is 1.47 bits per heavy atom. The van der Waals surface area contributed by atoms with Crippen molar-refractivity contribution < 1.29 is 9.90 Å². The van der Waals surface area contributed by atoms with Crippen LogP contribution in [0.4, 0.5) is 5.69 Å². The molecule has 0 radical (unpaired) electrons. The number of anilines is 1. The van der Waals surface area contributed by atoms with E-state index >= 15 is 0 Å². The van der Waals surface area contributed by atoms with Crippen molar-refractivity contribution in [2.24, 2.45) is 0 Å². The topological polar surface area (TPSA) is 75.4 Å². The zero-order valence-corrected chi connectivity index (χ0v) is 13.3. The molecule has 0 heterocycles. The van der Waals surface area contributed by atoms with Gasteiger partial charge in [0.2, 0.25) is 0 Å². The van der Waals surface area contributed by atoms with Gasteiger partial charge in [-0.3, -0.25) is 4.79 Å². The minimum atomic E-state index is -0.103. The number of nitrogen functional groups attached to an aromatic ring is 1. The van der Waals surface area contributed by atoms with Gasteiger partial charge in [-0.2, -0.15) is 11.8 Å². The lowest BCUT2D eigenvalue weighted by atomic mass is 10.1. The number of nitrogens with one attached hydrogen (secondary N) is 1. The fraction of sp³-hybridized carbons (Fsp3) is 0.462. The summed E-state index contributed by atoms with van der Waals surface area (Å²) in [4.78, 5) is 12.0. The average molecular weight is 347 g/mol. The number of amides is 1. The molecule has 19 heavy (non-hydrogen) atoms. The van der Waals surface area contributed by atoms with Crippen molar-refractivity contribution in [1.82, 2.24) is 5.32 Å². The molecule has 1 aromatic rings. The standard InChI is InChI=1S/C13H19BrN2O2S/c1-9-11(7-10(14)8-12(9)15)13(18)16-3-6-19-5-2-4-17/h7-8,17H,2-6,15H2,1H3,(H,16,18). The highest BCUT2D eigenvalue weighted by molar-refractivity contribution is 9.10.